The third-order valence-corrected chi connectivity index (χ3v) is 6.07. The highest BCUT2D eigenvalue weighted by atomic mass is 35.5. The van der Waals surface area contributed by atoms with E-state index in [1.807, 2.05) is 54.3 Å². The first-order chi connectivity index (χ1) is 16.8. The van der Waals surface area contributed by atoms with E-state index in [1.54, 1.807) is 0 Å². The van der Waals surface area contributed by atoms with Gasteiger partial charge in [0.05, 0.1) is 0 Å². The van der Waals surface area contributed by atoms with Gasteiger partial charge in [-0.3, -0.25) is 4.79 Å². The zero-order chi connectivity index (χ0) is 25.6. The van der Waals surface area contributed by atoms with Crippen LogP contribution >= 0.6 is 11.6 Å². The van der Waals surface area contributed by atoms with Crippen LogP contribution in [0.5, 0.6) is 0 Å². The third kappa shape index (κ3) is 10.8. The number of anilines is 1. The second-order valence-electron chi connectivity index (χ2n) is 8.36. The van der Waals surface area contributed by atoms with Gasteiger partial charge in [0.15, 0.2) is 0 Å². The minimum Gasteiger partial charge on any atom is -0.478 e. The van der Waals surface area contributed by atoms with E-state index in [1.165, 1.54) is 5.56 Å². The number of benzene rings is 2. The van der Waals surface area contributed by atoms with Crippen molar-refractivity contribution in [3.63, 3.8) is 0 Å². The summed E-state index contributed by atoms with van der Waals surface area (Å²) in [6.07, 6.45) is 5.04. The topological polar surface area (TPSA) is 98.2 Å². The number of carbonyl (C=O) groups is 3. The molecule has 1 amide bonds. The molecule has 1 saturated heterocycles. The second-order valence-corrected chi connectivity index (χ2v) is 8.80. The van der Waals surface area contributed by atoms with Gasteiger partial charge in [-0.25, -0.2) is 9.59 Å². The smallest absolute Gasteiger partial charge is 0.328 e. The van der Waals surface area contributed by atoms with Gasteiger partial charge in [0, 0.05) is 42.4 Å². The largest absolute Gasteiger partial charge is 0.478 e. The summed E-state index contributed by atoms with van der Waals surface area (Å²) < 4.78 is 0. The summed E-state index contributed by atoms with van der Waals surface area (Å²) in [6, 6.07) is 18.2. The van der Waals surface area contributed by atoms with E-state index in [2.05, 4.69) is 17.0 Å². The highest BCUT2D eigenvalue weighted by Gasteiger charge is 2.24. The molecule has 2 aromatic carbocycles. The molecule has 3 rings (SSSR count). The van der Waals surface area contributed by atoms with E-state index in [4.69, 9.17) is 21.8 Å². The first-order valence-electron chi connectivity index (χ1n) is 11.7. The zero-order valence-corrected chi connectivity index (χ0v) is 20.7. The molecular weight excluding hydrogens is 468 g/mol. The SMILES string of the molecule is CCC(=O)N(CC1CCN(CCc2ccc(Cl)cc2)CC1)c1ccccc1.O=C(O)/C=C/C(=O)O. The molecule has 0 radical (unpaired) electrons. The Kier molecular flexibility index (Phi) is 12.0. The Bertz CT molecular complexity index is 955. The quantitative estimate of drug-likeness (QED) is 0.482. The molecule has 8 heteroatoms. The fourth-order valence-corrected chi connectivity index (χ4v) is 4.01. The highest BCUT2D eigenvalue weighted by Crippen LogP contribution is 2.23. The Morgan fingerprint density at radius 3 is 2.06 bits per heavy atom. The Morgan fingerprint density at radius 1 is 0.971 bits per heavy atom. The van der Waals surface area contributed by atoms with E-state index in [0.29, 0.717) is 24.5 Å². The van der Waals surface area contributed by atoms with Crippen LogP contribution in [-0.4, -0.2) is 59.1 Å². The van der Waals surface area contributed by atoms with Crippen molar-refractivity contribution in [2.45, 2.75) is 32.6 Å². The number of carboxylic acids is 2. The first-order valence-corrected chi connectivity index (χ1v) is 12.1. The number of rotatable bonds is 9. The van der Waals surface area contributed by atoms with Crippen LogP contribution in [0.15, 0.2) is 66.7 Å². The van der Waals surface area contributed by atoms with Gasteiger partial charge in [0.1, 0.15) is 0 Å². The van der Waals surface area contributed by atoms with E-state index >= 15 is 0 Å². The number of carbonyl (C=O) groups excluding carboxylic acids is 1. The molecule has 1 fully saturated rings. The molecule has 2 aromatic rings. The minimum atomic E-state index is -1.26. The molecule has 2 N–H and O–H groups in total. The molecule has 0 saturated carbocycles. The summed E-state index contributed by atoms with van der Waals surface area (Å²) in [4.78, 5) is 36.1. The molecular formula is C27H33ClN2O5. The number of halogens is 1. The lowest BCUT2D eigenvalue weighted by molar-refractivity contribution is -0.134. The summed E-state index contributed by atoms with van der Waals surface area (Å²) in [5.74, 6) is -1.72. The summed E-state index contributed by atoms with van der Waals surface area (Å²) in [5, 5.41) is 16.4. The molecule has 7 nitrogen and oxygen atoms in total. The lowest BCUT2D eigenvalue weighted by Gasteiger charge is -2.35. The summed E-state index contributed by atoms with van der Waals surface area (Å²) >= 11 is 5.96. The number of aliphatic carboxylic acids is 2. The third-order valence-electron chi connectivity index (χ3n) is 5.82. The lowest BCUT2D eigenvalue weighted by Crippen LogP contribution is -2.41. The standard InChI is InChI=1S/C23H29ClN2O.C4H4O4/c1-2-23(27)26(22-6-4-3-5-7-22)18-20-13-16-25(17-14-20)15-12-19-8-10-21(24)11-9-19;5-3(6)1-2-4(7)8/h3-11,20H,2,12-18H2,1H3;1-2H,(H,5,6)(H,7,8)/b;2-1+. The van der Waals surface area contributed by atoms with Crippen molar-refractivity contribution in [1.29, 1.82) is 0 Å². The summed E-state index contributed by atoms with van der Waals surface area (Å²) in [7, 11) is 0. The van der Waals surface area contributed by atoms with Gasteiger partial charge in [-0.2, -0.15) is 0 Å². The molecule has 0 aromatic heterocycles. The molecule has 1 heterocycles. The van der Waals surface area contributed by atoms with Crippen molar-refractivity contribution in [3.05, 3.63) is 77.3 Å². The Hall–Kier alpha value is -3.16. The average molecular weight is 501 g/mol. The van der Waals surface area contributed by atoms with Crippen molar-refractivity contribution in [1.82, 2.24) is 4.90 Å². The summed E-state index contributed by atoms with van der Waals surface area (Å²) in [6.45, 7) is 6.09. The molecule has 0 bridgehead atoms. The van der Waals surface area contributed by atoms with E-state index in [-0.39, 0.29) is 5.91 Å². The van der Waals surface area contributed by atoms with Gasteiger partial charge >= 0.3 is 11.9 Å². The Labute approximate surface area is 211 Å². The highest BCUT2D eigenvalue weighted by molar-refractivity contribution is 6.30. The second kappa shape index (κ2) is 15.0. The average Bonchev–Trinajstić information content (AvgIpc) is 2.87. The van der Waals surface area contributed by atoms with Crippen LogP contribution in [0, 0.1) is 5.92 Å². The van der Waals surface area contributed by atoms with E-state index in [9.17, 15) is 14.4 Å². The molecule has 188 valence electrons. The van der Waals surface area contributed by atoms with Gasteiger partial charge in [0.2, 0.25) is 5.91 Å². The van der Waals surface area contributed by atoms with Crippen LogP contribution in [0.4, 0.5) is 5.69 Å². The van der Waals surface area contributed by atoms with Gasteiger partial charge in [0.25, 0.3) is 0 Å². The molecule has 0 aliphatic carbocycles. The van der Waals surface area contributed by atoms with Gasteiger partial charge < -0.3 is 20.0 Å². The van der Waals surface area contributed by atoms with Crippen LogP contribution in [-0.2, 0) is 20.8 Å². The molecule has 1 aliphatic heterocycles. The number of piperidine rings is 1. The fraction of sp³-hybridized carbons (Fsp3) is 0.370. The van der Waals surface area contributed by atoms with Crippen molar-refractivity contribution >= 4 is 35.1 Å². The van der Waals surface area contributed by atoms with Crippen molar-refractivity contribution in [3.8, 4) is 0 Å². The number of carboxylic acid groups (broad SMARTS) is 2. The monoisotopic (exact) mass is 500 g/mol. The molecule has 35 heavy (non-hydrogen) atoms. The number of para-hydroxylation sites is 1. The van der Waals surface area contributed by atoms with E-state index in [0.717, 1.165) is 56.2 Å². The number of nitrogens with zero attached hydrogens (tertiary/aromatic N) is 2. The van der Waals surface area contributed by atoms with Crippen LogP contribution in [0.25, 0.3) is 0 Å². The van der Waals surface area contributed by atoms with E-state index < -0.39 is 11.9 Å². The Morgan fingerprint density at radius 2 is 1.54 bits per heavy atom. The van der Waals surface area contributed by atoms with Crippen LogP contribution in [0.3, 0.4) is 0 Å². The van der Waals surface area contributed by atoms with Gasteiger partial charge in [-0.15, -0.1) is 0 Å². The maximum Gasteiger partial charge on any atom is 0.328 e. The number of hydrogen-bond acceptors (Lipinski definition) is 4. The predicted octanol–water partition coefficient (Wildman–Crippen LogP) is 4.75. The van der Waals surface area contributed by atoms with Gasteiger partial charge in [-0.05, 0) is 68.1 Å². The van der Waals surface area contributed by atoms with Crippen molar-refractivity contribution < 1.29 is 24.6 Å². The first kappa shape index (κ1) is 28.1. The zero-order valence-electron chi connectivity index (χ0n) is 20.0. The molecule has 0 atom stereocenters. The number of amides is 1. The van der Waals surface area contributed by atoms with Crippen molar-refractivity contribution in [2.75, 3.05) is 31.1 Å². The normalized spacial score (nSPS) is 14.2. The van der Waals surface area contributed by atoms with Gasteiger partial charge in [-0.1, -0.05) is 48.9 Å². The molecule has 1 aliphatic rings. The van der Waals surface area contributed by atoms with Crippen LogP contribution in [0.2, 0.25) is 5.02 Å². The fourth-order valence-electron chi connectivity index (χ4n) is 3.88. The molecule has 0 unspecified atom stereocenters. The number of likely N-dealkylation sites (tertiary alicyclic amines) is 1. The minimum absolute atomic E-state index is 0.214. The maximum atomic E-state index is 12.4. The molecule has 0 spiro atoms. The number of hydrogen-bond donors (Lipinski definition) is 2. The predicted molar refractivity (Wildman–Crippen MR) is 138 cm³/mol. The van der Waals surface area contributed by atoms with Crippen molar-refractivity contribution in [2.24, 2.45) is 5.92 Å². The van der Waals surface area contributed by atoms with Crippen LogP contribution < -0.4 is 4.90 Å². The maximum absolute atomic E-state index is 12.4. The Balaban J connectivity index is 0.000000466. The lowest BCUT2D eigenvalue weighted by atomic mass is 9.95. The summed E-state index contributed by atoms with van der Waals surface area (Å²) in [5.41, 5.74) is 2.36. The van der Waals surface area contributed by atoms with Crippen LogP contribution in [0.1, 0.15) is 31.7 Å².